The van der Waals surface area contributed by atoms with Crippen molar-refractivity contribution in [3.63, 3.8) is 0 Å². The highest BCUT2D eigenvalue weighted by Crippen LogP contribution is 2.25. The fraction of sp³-hybridized carbons (Fsp3) is 0.368. The van der Waals surface area contributed by atoms with Gasteiger partial charge in [-0.1, -0.05) is 30.3 Å². The number of rotatable bonds is 6. The van der Waals surface area contributed by atoms with E-state index in [2.05, 4.69) is 33.8 Å². The van der Waals surface area contributed by atoms with Crippen molar-refractivity contribution in [2.45, 2.75) is 19.4 Å². The van der Waals surface area contributed by atoms with Gasteiger partial charge in [-0.05, 0) is 36.9 Å². The van der Waals surface area contributed by atoms with E-state index in [-0.39, 0.29) is 5.91 Å². The molecule has 0 aliphatic carbocycles. The van der Waals surface area contributed by atoms with E-state index in [1.807, 2.05) is 24.6 Å². The number of carbonyl (C=O) groups is 1. The third-order valence-electron chi connectivity index (χ3n) is 4.21. The van der Waals surface area contributed by atoms with Gasteiger partial charge in [0.05, 0.1) is 0 Å². The van der Waals surface area contributed by atoms with Gasteiger partial charge < -0.3 is 10.1 Å². The number of benzene rings is 1. The highest BCUT2D eigenvalue weighted by atomic mass is 32.1. The third kappa shape index (κ3) is 4.98. The number of anilines is 1. The van der Waals surface area contributed by atoms with E-state index in [4.69, 9.17) is 4.74 Å². The summed E-state index contributed by atoms with van der Waals surface area (Å²) in [6.07, 6.45) is 5.69. The molecule has 0 atom stereocenters. The standard InChI is InChI=1S/C19H23N3O2S/c1-20-13-15-2-4-16(5-3-15)17(12-14-6-9-24-10-7-14)18(23)22-19-21-8-11-25-19/h2-5,8,11-12,14,20H,6-7,9-10,13H2,1H3,(H,21,22,23). The minimum Gasteiger partial charge on any atom is -0.381 e. The van der Waals surface area contributed by atoms with Crippen molar-refractivity contribution in [3.05, 3.63) is 53.0 Å². The highest BCUT2D eigenvalue weighted by molar-refractivity contribution is 7.13. The molecule has 0 saturated carbocycles. The minimum atomic E-state index is -0.109. The second kappa shape index (κ2) is 8.89. The molecule has 1 aromatic carbocycles. The fourth-order valence-corrected chi connectivity index (χ4v) is 3.40. The number of ether oxygens (including phenoxy) is 1. The molecule has 6 heteroatoms. The predicted molar refractivity (Wildman–Crippen MR) is 101 cm³/mol. The van der Waals surface area contributed by atoms with Crippen LogP contribution in [0.1, 0.15) is 24.0 Å². The van der Waals surface area contributed by atoms with E-state index in [0.29, 0.717) is 16.6 Å². The Morgan fingerprint density at radius 1 is 1.32 bits per heavy atom. The number of hydrogen-bond donors (Lipinski definition) is 2. The van der Waals surface area contributed by atoms with Gasteiger partial charge in [-0.15, -0.1) is 11.3 Å². The summed E-state index contributed by atoms with van der Waals surface area (Å²) in [5.74, 6) is 0.255. The molecular formula is C19H23N3O2S. The number of nitrogens with one attached hydrogen (secondary N) is 2. The van der Waals surface area contributed by atoms with Gasteiger partial charge in [0.2, 0.25) is 0 Å². The first kappa shape index (κ1) is 17.8. The minimum absolute atomic E-state index is 0.109. The highest BCUT2D eigenvalue weighted by Gasteiger charge is 2.18. The van der Waals surface area contributed by atoms with Crippen LogP contribution in [-0.2, 0) is 16.1 Å². The molecule has 0 radical (unpaired) electrons. The molecule has 0 bridgehead atoms. The summed E-state index contributed by atoms with van der Waals surface area (Å²) in [5.41, 5.74) is 2.83. The Hall–Kier alpha value is -2.02. The molecule has 132 valence electrons. The Balaban J connectivity index is 1.84. The fourth-order valence-electron chi connectivity index (χ4n) is 2.88. The maximum atomic E-state index is 12.8. The molecule has 3 rings (SSSR count). The number of hydrogen-bond acceptors (Lipinski definition) is 5. The topological polar surface area (TPSA) is 63.2 Å². The van der Waals surface area contributed by atoms with E-state index < -0.39 is 0 Å². The van der Waals surface area contributed by atoms with E-state index in [0.717, 1.165) is 38.2 Å². The summed E-state index contributed by atoms with van der Waals surface area (Å²) in [4.78, 5) is 17.0. The first-order valence-electron chi connectivity index (χ1n) is 8.50. The Kier molecular flexibility index (Phi) is 6.33. The molecule has 1 aliphatic heterocycles. The second-order valence-corrected chi connectivity index (χ2v) is 6.94. The zero-order valence-electron chi connectivity index (χ0n) is 14.3. The van der Waals surface area contributed by atoms with Crippen molar-refractivity contribution in [3.8, 4) is 0 Å². The summed E-state index contributed by atoms with van der Waals surface area (Å²) >= 11 is 1.42. The molecule has 1 amide bonds. The number of thiazole rings is 1. The van der Waals surface area contributed by atoms with Crippen LogP contribution in [0, 0.1) is 5.92 Å². The lowest BCUT2D eigenvalue weighted by molar-refractivity contribution is -0.111. The van der Waals surface area contributed by atoms with Crippen LogP contribution in [-0.4, -0.2) is 31.2 Å². The molecule has 1 aliphatic rings. The molecular weight excluding hydrogens is 334 g/mol. The summed E-state index contributed by atoms with van der Waals surface area (Å²) in [6, 6.07) is 8.14. The lowest BCUT2D eigenvalue weighted by Crippen LogP contribution is -2.18. The smallest absolute Gasteiger partial charge is 0.257 e. The van der Waals surface area contributed by atoms with E-state index in [1.165, 1.54) is 16.9 Å². The Morgan fingerprint density at radius 3 is 2.72 bits per heavy atom. The van der Waals surface area contributed by atoms with Gasteiger partial charge in [0, 0.05) is 36.9 Å². The summed E-state index contributed by atoms with van der Waals surface area (Å²) in [7, 11) is 1.92. The van der Waals surface area contributed by atoms with Crippen LogP contribution in [0.5, 0.6) is 0 Å². The van der Waals surface area contributed by atoms with Crippen molar-refractivity contribution in [2.24, 2.45) is 5.92 Å². The molecule has 5 nitrogen and oxygen atoms in total. The first-order chi connectivity index (χ1) is 12.3. The molecule has 0 unspecified atom stereocenters. The summed E-state index contributed by atoms with van der Waals surface area (Å²) in [6.45, 7) is 2.32. The van der Waals surface area contributed by atoms with Crippen molar-refractivity contribution >= 4 is 27.9 Å². The molecule has 2 aromatic rings. The van der Waals surface area contributed by atoms with Crippen molar-refractivity contribution < 1.29 is 9.53 Å². The van der Waals surface area contributed by atoms with Gasteiger partial charge in [-0.3, -0.25) is 10.1 Å². The van der Waals surface area contributed by atoms with Gasteiger partial charge in [-0.2, -0.15) is 0 Å². The van der Waals surface area contributed by atoms with E-state index >= 15 is 0 Å². The monoisotopic (exact) mass is 357 g/mol. The first-order valence-corrected chi connectivity index (χ1v) is 9.38. The quantitative estimate of drug-likeness (QED) is 0.779. The maximum absolute atomic E-state index is 12.8. The Labute approximate surface area is 152 Å². The molecule has 0 spiro atoms. The van der Waals surface area contributed by atoms with Gasteiger partial charge >= 0.3 is 0 Å². The molecule has 1 saturated heterocycles. The molecule has 25 heavy (non-hydrogen) atoms. The van der Waals surface area contributed by atoms with Crippen LogP contribution in [0.2, 0.25) is 0 Å². The summed E-state index contributed by atoms with van der Waals surface area (Å²) < 4.78 is 5.43. The zero-order valence-corrected chi connectivity index (χ0v) is 15.1. The number of amides is 1. The van der Waals surface area contributed by atoms with Crippen LogP contribution in [0.3, 0.4) is 0 Å². The van der Waals surface area contributed by atoms with Crippen LogP contribution in [0.25, 0.3) is 5.57 Å². The van der Waals surface area contributed by atoms with Gasteiger partial charge in [0.15, 0.2) is 5.13 Å². The summed E-state index contributed by atoms with van der Waals surface area (Å²) in [5, 5.41) is 8.51. The van der Waals surface area contributed by atoms with E-state index in [1.54, 1.807) is 6.20 Å². The lowest BCUT2D eigenvalue weighted by atomic mass is 9.93. The third-order valence-corrected chi connectivity index (χ3v) is 4.90. The van der Waals surface area contributed by atoms with Crippen LogP contribution < -0.4 is 10.6 Å². The van der Waals surface area contributed by atoms with Gasteiger partial charge in [0.1, 0.15) is 0 Å². The zero-order chi connectivity index (χ0) is 17.5. The molecule has 2 heterocycles. The average Bonchev–Trinajstić information content (AvgIpc) is 3.14. The SMILES string of the molecule is CNCc1ccc(C(=CC2CCOCC2)C(=O)Nc2nccs2)cc1. The number of carbonyl (C=O) groups excluding carboxylic acids is 1. The van der Waals surface area contributed by atoms with E-state index in [9.17, 15) is 4.79 Å². The van der Waals surface area contributed by atoms with Crippen LogP contribution in [0.15, 0.2) is 41.9 Å². The normalized spacial score (nSPS) is 16.0. The van der Waals surface area contributed by atoms with Crippen molar-refractivity contribution in [1.29, 1.82) is 0 Å². The molecule has 1 fully saturated rings. The van der Waals surface area contributed by atoms with Crippen LogP contribution >= 0.6 is 11.3 Å². The Morgan fingerprint density at radius 2 is 2.08 bits per heavy atom. The molecule has 1 aromatic heterocycles. The average molecular weight is 357 g/mol. The van der Waals surface area contributed by atoms with Gasteiger partial charge in [0.25, 0.3) is 5.91 Å². The van der Waals surface area contributed by atoms with Crippen LogP contribution in [0.4, 0.5) is 5.13 Å². The number of nitrogens with zero attached hydrogens (tertiary/aromatic N) is 1. The van der Waals surface area contributed by atoms with Crippen molar-refractivity contribution in [2.75, 3.05) is 25.6 Å². The number of aromatic nitrogens is 1. The predicted octanol–water partition coefficient (Wildman–Crippen LogP) is 3.31. The molecule has 2 N–H and O–H groups in total. The number of allylic oxidation sites excluding steroid dienone is 1. The maximum Gasteiger partial charge on any atom is 0.257 e. The van der Waals surface area contributed by atoms with Crippen molar-refractivity contribution in [1.82, 2.24) is 10.3 Å². The lowest BCUT2D eigenvalue weighted by Gasteiger charge is -2.20. The Bertz CT molecular complexity index is 705. The van der Waals surface area contributed by atoms with Gasteiger partial charge in [-0.25, -0.2) is 4.98 Å². The largest absolute Gasteiger partial charge is 0.381 e. The second-order valence-electron chi connectivity index (χ2n) is 6.05.